The predicted octanol–water partition coefficient (Wildman–Crippen LogP) is 6.55. The first kappa shape index (κ1) is 17.4. The lowest BCUT2D eigenvalue weighted by Crippen LogP contribution is -2.19. The minimum atomic E-state index is -0.286. The fourth-order valence-corrected chi connectivity index (χ4v) is 3.45. The van der Waals surface area contributed by atoms with E-state index in [1.165, 1.54) is 5.56 Å². The van der Waals surface area contributed by atoms with Crippen molar-refractivity contribution in [1.82, 2.24) is 4.98 Å². The Bertz CT molecular complexity index is 1120. The van der Waals surface area contributed by atoms with Gasteiger partial charge in [0, 0.05) is 26.6 Å². The Balaban J connectivity index is 1.70. The van der Waals surface area contributed by atoms with Gasteiger partial charge in [-0.2, -0.15) is 0 Å². The summed E-state index contributed by atoms with van der Waals surface area (Å²) in [6, 6.07) is 23.4. The molecule has 3 aromatic carbocycles. The van der Waals surface area contributed by atoms with Gasteiger partial charge in [-0.05, 0) is 31.2 Å². The van der Waals surface area contributed by atoms with Crippen molar-refractivity contribution < 1.29 is 4.79 Å². The van der Waals surface area contributed by atoms with Crippen molar-refractivity contribution in [3.63, 3.8) is 0 Å². The molecule has 1 heterocycles. The third-order valence-electron chi connectivity index (χ3n) is 4.37. The zero-order valence-electron chi connectivity index (χ0n) is 14.7. The van der Waals surface area contributed by atoms with E-state index in [-0.39, 0.29) is 6.03 Å². The molecule has 0 bridgehead atoms. The number of amides is 2. The van der Waals surface area contributed by atoms with E-state index in [9.17, 15) is 4.79 Å². The van der Waals surface area contributed by atoms with E-state index >= 15 is 0 Å². The van der Waals surface area contributed by atoms with Crippen molar-refractivity contribution in [2.24, 2.45) is 0 Å². The van der Waals surface area contributed by atoms with Crippen molar-refractivity contribution in [2.45, 2.75) is 6.92 Å². The number of urea groups is 1. The van der Waals surface area contributed by atoms with Gasteiger partial charge < -0.3 is 15.6 Å². The number of hydrogen-bond acceptors (Lipinski definition) is 1. The number of hydrogen-bond donors (Lipinski definition) is 3. The molecule has 0 radical (unpaired) electrons. The number of aryl methyl sites for hydroxylation is 1. The molecule has 0 spiro atoms. The first-order valence-corrected chi connectivity index (χ1v) is 9.41. The second-order valence-corrected chi connectivity index (χ2v) is 7.29. The molecule has 4 rings (SSSR count). The van der Waals surface area contributed by atoms with Crippen LogP contribution in [0, 0.1) is 6.92 Å². The molecule has 0 saturated carbocycles. The smallest absolute Gasteiger partial charge is 0.323 e. The van der Waals surface area contributed by atoms with Crippen molar-refractivity contribution in [3.05, 3.63) is 82.8 Å². The average Bonchev–Trinajstić information content (AvgIpc) is 3.01. The Morgan fingerprint density at radius 1 is 0.926 bits per heavy atom. The first-order chi connectivity index (χ1) is 13.1. The molecular weight excluding hydrogens is 402 g/mol. The molecule has 0 aliphatic carbocycles. The summed E-state index contributed by atoms with van der Waals surface area (Å²) < 4.78 is 0.910. The maximum absolute atomic E-state index is 12.6. The van der Waals surface area contributed by atoms with Crippen LogP contribution in [0.4, 0.5) is 16.2 Å². The molecule has 0 unspecified atom stereocenters. The SMILES string of the molecule is Cc1ccc(-c2[nH]c3ccccc3c2NC(=O)Nc2cccc(Br)c2)cc1. The number of benzene rings is 3. The lowest BCUT2D eigenvalue weighted by atomic mass is 10.1. The lowest BCUT2D eigenvalue weighted by molar-refractivity contribution is 0.262. The van der Waals surface area contributed by atoms with Gasteiger partial charge in [-0.25, -0.2) is 4.79 Å². The minimum Gasteiger partial charge on any atom is -0.353 e. The minimum absolute atomic E-state index is 0.286. The highest BCUT2D eigenvalue weighted by Crippen LogP contribution is 2.35. The highest BCUT2D eigenvalue weighted by molar-refractivity contribution is 9.10. The number of para-hydroxylation sites is 1. The van der Waals surface area contributed by atoms with Gasteiger partial charge in [0.15, 0.2) is 0 Å². The van der Waals surface area contributed by atoms with E-state index in [4.69, 9.17) is 0 Å². The van der Waals surface area contributed by atoms with E-state index in [1.54, 1.807) is 0 Å². The van der Waals surface area contributed by atoms with Gasteiger partial charge in [-0.1, -0.05) is 70.0 Å². The Morgan fingerprint density at radius 3 is 2.48 bits per heavy atom. The van der Waals surface area contributed by atoms with E-state index < -0.39 is 0 Å². The van der Waals surface area contributed by atoms with Gasteiger partial charge >= 0.3 is 6.03 Å². The second kappa shape index (κ2) is 7.29. The molecule has 0 fully saturated rings. The van der Waals surface area contributed by atoms with Gasteiger partial charge in [-0.15, -0.1) is 0 Å². The van der Waals surface area contributed by atoms with Gasteiger partial charge in [-0.3, -0.25) is 0 Å². The maximum Gasteiger partial charge on any atom is 0.323 e. The largest absolute Gasteiger partial charge is 0.353 e. The molecule has 0 saturated heterocycles. The van der Waals surface area contributed by atoms with Crippen LogP contribution in [-0.2, 0) is 0 Å². The fourth-order valence-electron chi connectivity index (χ4n) is 3.05. The number of fused-ring (bicyclic) bond motifs is 1. The van der Waals surface area contributed by atoms with E-state index in [1.807, 2.05) is 48.5 Å². The maximum atomic E-state index is 12.6. The van der Waals surface area contributed by atoms with Crippen LogP contribution in [0.15, 0.2) is 77.3 Å². The summed E-state index contributed by atoms with van der Waals surface area (Å²) in [5.74, 6) is 0. The first-order valence-electron chi connectivity index (χ1n) is 8.61. The Hall–Kier alpha value is -3.05. The Labute approximate surface area is 165 Å². The lowest BCUT2D eigenvalue weighted by Gasteiger charge is -2.10. The van der Waals surface area contributed by atoms with E-state index in [0.717, 1.165) is 38.0 Å². The molecule has 134 valence electrons. The number of nitrogens with one attached hydrogen (secondary N) is 3. The number of carbonyl (C=O) groups is 1. The van der Waals surface area contributed by atoms with Gasteiger partial charge in [0.1, 0.15) is 0 Å². The fraction of sp³-hybridized carbons (Fsp3) is 0.0455. The molecule has 27 heavy (non-hydrogen) atoms. The van der Waals surface area contributed by atoms with Crippen molar-refractivity contribution >= 4 is 44.2 Å². The second-order valence-electron chi connectivity index (χ2n) is 6.38. The summed E-state index contributed by atoms with van der Waals surface area (Å²) >= 11 is 3.42. The number of halogens is 1. The van der Waals surface area contributed by atoms with Crippen LogP contribution in [0.25, 0.3) is 22.2 Å². The summed E-state index contributed by atoms with van der Waals surface area (Å²) in [4.78, 5) is 16.0. The molecule has 0 aliphatic rings. The summed E-state index contributed by atoms with van der Waals surface area (Å²) in [7, 11) is 0. The predicted molar refractivity (Wildman–Crippen MR) is 115 cm³/mol. The summed E-state index contributed by atoms with van der Waals surface area (Å²) in [5, 5.41) is 6.87. The van der Waals surface area contributed by atoms with Crippen LogP contribution in [0.2, 0.25) is 0 Å². The van der Waals surface area contributed by atoms with Crippen LogP contribution in [0.3, 0.4) is 0 Å². The monoisotopic (exact) mass is 419 g/mol. The summed E-state index contributed by atoms with van der Waals surface area (Å²) in [6.45, 7) is 2.06. The quantitative estimate of drug-likeness (QED) is 0.346. The van der Waals surface area contributed by atoms with Crippen LogP contribution in [0.1, 0.15) is 5.56 Å². The van der Waals surface area contributed by atoms with Crippen LogP contribution < -0.4 is 10.6 Å². The standard InChI is InChI=1S/C22H18BrN3O/c1-14-9-11-15(12-10-14)20-21(18-7-2-3-8-19(18)25-20)26-22(27)24-17-6-4-5-16(23)13-17/h2-13,25H,1H3,(H2,24,26,27). The number of H-pyrrole nitrogens is 1. The third-order valence-corrected chi connectivity index (χ3v) is 4.86. The normalized spacial score (nSPS) is 10.7. The van der Waals surface area contributed by atoms with Gasteiger partial charge in [0.25, 0.3) is 0 Å². The summed E-state index contributed by atoms with van der Waals surface area (Å²) in [6.07, 6.45) is 0. The zero-order valence-corrected chi connectivity index (χ0v) is 16.3. The van der Waals surface area contributed by atoms with Crippen molar-refractivity contribution in [1.29, 1.82) is 0 Å². The summed E-state index contributed by atoms with van der Waals surface area (Å²) in [5.41, 5.74) is 5.57. The molecule has 4 nitrogen and oxygen atoms in total. The number of aromatic amines is 1. The number of rotatable bonds is 3. The number of carbonyl (C=O) groups excluding carboxylic acids is 1. The average molecular weight is 420 g/mol. The van der Waals surface area contributed by atoms with Gasteiger partial charge in [0.05, 0.1) is 11.4 Å². The molecule has 0 atom stereocenters. The van der Waals surface area contributed by atoms with Crippen LogP contribution in [0.5, 0.6) is 0 Å². The molecule has 5 heteroatoms. The zero-order chi connectivity index (χ0) is 18.8. The van der Waals surface area contributed by atoms with Crippen molar-refractivity contribution in [2.75, 3.05) is 10.6 Å². The van der Waals surface area contributed by atoms with Crippen LogP contribution >= 0.6 is 15.9 Å². The molecule has 4 aromatic rings. The Kier molecular flexibility index (Phi) is 4.69. The molecular formula is C22H18BrN3O. The molecule has 1 aromatic heterocycles. The van der Waals surface area contributed by atoms with Gasteiger partial charge in [0.2, 0.25) is 0 Å². The molecule has 3 N–H and O–H groups in total. The highest BCUT2D eigenvalue weighted by atomic mass is 79.9. The molecule has 0 aliphatic heterocycles. The molecule has 2 amide bonds. The van der Waals surface area contributed by atoms with Crippen LogP contribution in [-0.4, -0.2) is 11.0 Å². The topological polar surface area (TPSA) is 56.9 Å². The van der Waals surface area contributed by atoms with E-state index in [2.05, 4.69) is 62.7 Å². The Morgan fingerprint density at radius 2 is 1.70 bits per heavy atom. The van der Waals surface area contributed by atoms with Crippen molar-refractivity contribution in [3.8, 4) is 11.3 Å². The third kappa shape index (κ3) is 3.73. The number of aromatic nitrogens is 1. The highest BCUT2D eigenvalue weighted by Gasteiger charge is 2.15. The number of anilines is 2. The van der Waals surface area contributed by atoms with E-state index in [0.29, 0.717) is 0 Å².